The van der Waals surface area contributed by atoms with E-state index in [0.717, 1.165) is 33.0 Å². The molecule has 45 heavy (non-hydrogen) atoms. The average molecular weight is 646 g/mol. The summed E-state index contributed by atoms with van der Waals surface area (Å²) in [7, 11) is -4.20. The molecule has 4 aromatic rings. The highest BCUT2D eigenvalue weighted by Gasteiger charge is 2.35. The topological polar surface area (TPSA) is 86.8 Å². The lowest BCUT2D eigenvalue weighted by Gasteiger charge is -2.34. The summed E-state index contributed by atoms with van der Waals surface area (Å²) in [6.45, 7) is 7.34. The fourth-order valence-corrected chi connectivity index (χ4v) is 6.46. The summed E-state index contributed by atoms with van der Waals surface area (Å²) in [5.74, 6) is -0.800. The fraction of sp³-hybridized carbons (Fsp3) is 0.278. The number of aryl methyl sites for hydroxylation is 2. The number of amides is 2. The number of nitrogens with one attached hydrogen (secondary N) is 1. The molecular weight excluding hydrogens is 606 g/mol. The molecule has 2 amide bonds. The second-order valence-electron chi connectivity index (χ2n) is 11.3. The van der Waals surface area contributed by atoms with Crippen LogP contribution in [0.25, 0.3) is 0 Å². The van der Waals surface area contributed by atoms with E-state index in [1.165, 1.54) is 29.2 Å². The molecule has 0 aliphatic carbocycles. The van der Waals surface area contributed by atoms with Gasteiger partial charge in [-0.3, -0.25) is 13.9 Å². The van der Waals surface area contributed by atoms with Crippen LogP contribution in [0.4, 0.5) is 5.69 Å². The second kappa shape index (κ2) is 15.2. The zero-order valence-electron chi connectivity index (χ0n) is 26.1. The van der Waals surface area contributed by atoms with Crippen LogP contribution in [0.2, 0.25) is 5.02 Å². The first-order chi connectivity index (χ1) is 21.5. The highest BCUT2D eigenvalue weighted by atomic mass is 35.5. The second-order valence-corrected chi connectivity index (χ2v) is 13.6. The van der Waals surface area contributed by atoms with Crippen molar-refractivity contribution in [2.45, 2.75) is 64.1 Å². The van der Waals surface area contributed by atoms with Gasteiger partial charge in [-0.25, -0.2) is 8.42 Å². The van der Waals surface area contributed by atoms with Crippen LogP contribution in [-0.2, 0) is 32.6 Å². The lowest BCUT2D eigenvalue weighted by atomic mass is 10.0. The van der Waals surface area contributed by atoms with Crippen LogP contribution in [0.5, 0.6) is 0 Å². The molecule has 2 unspecified atom stereocenters. The Morgan fingerprint density at radius 3 is 2.11 bits per heavy atom. The number of benzene rings is 4. The Kier molecular flexibility index (Phi) is 11.4. The van der Waals surface area contributed by atoms with Crippen LogP contribution in [0.3, 0.4) is 0 Å². The number of anilines is 1. The lowest BCUT2D eigenvalue weighted by Crippen LogP contribution is -2.54. The van der Waals surface area contributed by atoms with Crippen molar-refractivity contribution in [1.82, 2.24) is 10.2 Å². The van der Waals surface area contributed by atoms with Crippen LogP contribution in [0.1, 0.15) is 42.5 Å². The average Bonchev–Trinajstić information content (AvgIpc) is 3.02. The lowest BCUT2D eigenvalue weighted by molar-refractivity contribution is -0.140. The molecule has 7 nitrogen and oxygen atoms in total. The van der Waals surface area contributed by atoms with Crippen LogP contribution in [-0.4, -0.2) is 43.8 Å². The molecule has 0 bridgehead atoms. The number of rotatable bonds is 13. The molecule has 0 aliphatic heterocycles. The van der Waals surface area contributed by atoms with E-state index in [0.29, 0.717) is 10.7 Å². The van der Waals surface area contributed by atoms with Crippen molar-refractivity contribution in [2.75, 3.05) is 10.8 Å². The van der Waals surface area contributed by atoms with Gasteiger partial charge < -0.3 is 10.2 Å². The van der Waals surface area contributed by atoms with Crippen molar-refractivity contribution < 1.29 is 18.0 Å². The minimum atomic E-state index is -4.20. The van der Waals surface area contributed by atoms with Gasteiger partial charge in [0.05, 0.1) is 10.6 Å². The number of hydrogen-bond donors (Lipinski definition) is 1. The van der Waals surface area contributed by atoms with Crippen LogP contribution in [0.15, 0.2) is 108 Å². The molecule has 0 radical (unpaired) electrons. The summed E-state index contributed by atoms with van der Waals surface area (Å²) in [5.41, 5.74) is 3.95. The van der Waals surface area contributed by atoms with E-state index < -0.39 is 28.5 Å². The van der Waals surface area contributed by atoms with Crippen molar-refractivity contribution in [2.24, 2.45) is 0 Å². The predicted octanol–water partition coefficient (Wildman–Crippen LogP) is 6.71. The van der Waals surface area contributed by atoms with Gasteiger partial charge in [-0.1, -0.05) is 90.8 Å². The van der Waals surface area contributed by atoms with Gasteiger partial charge in [0, 0.05) is 24.0 Å². The smallest absolute Gasteiger partial charge is 0.264 e. The van der Waals surface area contributed by atoms with Crippen molar-refractivity contribution in [3.05, 3.63) is 130 Å². The van der Waals surface area contributed by atoms with E-state index >= 15 is 0 Å². The van der Waals surface area contributed by atoms with Crippen molar-refractivity contribution in [1.29, 1.82) is 0 Å². The summed E-state index contributed by atoms with van der Waals surface area (Å²) in [6.07, 6.45) is 0.977. The molecule has 1 N–H and O–H groups in total. The Morgan fingerprint density at radius 2 is 1.49 bits per heavy atom. The number of sulfonamides is 1. The van der Waals surface area contributed by atoms with Gasteiger partial charge in [-0.05, 0) is 80.3 Å². The minimum Gasteiger partial charge on any atom is -0.352 e. The third-order valence-electron chi connectivity index (χ3n) is 7.72. The maximum Gasteiger partial charge on any atom is 0.264 e. The van der Waals surface area contributed by atoms with Gasteiger partial charge in [-0.15, -0.1) is 0 Å². The van der Waals surface area contributed by atoms with Crippen molar-refractivity contribution in [3.63, 3.8) is 0 Å². The molecule has 0 aromatic heterocycles. The minimum absolute atomic E-state index is 0.00152. The molecule has 0 aliphatic rings. The van der Waals surface area contributed by atoms with E-state index in [-0.39, 0.29) is 29.8 Å². The Labute approximate surface area is 271 Å². The summed E-state index contributed by atoms with van der Waals surface area (Å²) in [4.78, 5) is 29.9. The van der Waals surface area contributed by atoms with E-state index in [1.807, 2.05) is 88.4 Å². The number of nitrogens with zero attached hydrogens (tertiary/aromatic N) is 2. The highest BCUT2D eigenvalue weighted by molar-refractivity contribution is 7.92. The van der Waals surface area contributed by atoms with Crippen LogP contribution < -0.4 is 9.62 Å². The summed E-state index contributed by atoms with van der Waals surface area (Å²) >= 11 is 6.06. The largest absolute Gasteiger partial charge is 0.352 e. The van der Waals surface area contributed by atoms with Crippen molar-refractivity contribution in [3.8, 4) is 0 Å². The quantitative estimate of drug-likeness (QED) is 0.175. The molecule has 9 heteroatoms. The SMILES string of the molecule is CCC(C)NC(=O)C(Cc1ccccc1)N(Cc1ccc(C)cc1)C(=O)CN(c1cccc(C)c1)S(=O)(=O)c1ccc(Cl)cc1. The highest BCUT2D eigenvalue weighted by Crippen LogP contribution is 2.27. The van der Waals surface area contributed by atoms with E-state index in [4.69, 9.17) is 11.6 Å². The normalized spacial score (nSPS) is 12.6. The predicted molar refractivity (Wildman–Crippen MR) is 181 cm³/mol. The summed E-state index contributed by atoms with van der Waals surface area (Å²) in [5, 5.41) is 3.45. The molecule has 0 fully saturated rings. The first-order valence-corrected chi connectivity index (χ1v) is 16.8. The number of hydrogen-bond acceptors (Lipinski definition) is 4. The number of carbonyl (C=O) groups excluding carboxylic acids is 2. The first kappa shape index (κ1) is 33.7. The molecule has 2 atom stereocenters. The van der Waals surface area contributed by atoms with E-state index in [2.05, 4.69) is 5.32 Å². The van der Waals surface area contributed by atoms with Gasteiger partial charge in [0.15, 0.2) is 0 Å². The fourth-order valence-electron chi connectivity index (χ4n) is 4.93. The van der Waals surface area contributed by atoms with Gasteiger partial charge >= 0.3 is 0 Å². The van der Waals surface area contributed by atoms with Gasteiger partial charge in [0.25, 0.3) is 10.0 Å². The maximum absolute atomic E-state index is 14.5. The van der Waals surface area contributed by atoms with Gasteiger partial charge in [0.2, 0.25) is 11.8 Å². The van der Waals surface area contributed by atoms with Crippen LogP contribution >= 0.6 is 11.6 Å². The zero-order valence-corrected chi connectivity index (χ0v) is 27.7. The molecule has 0 saturated heterocycles. The number of halogens is 1. The first-order valence-electron chi connectivity index (χ1n) is 15.0. The van der Waals surface area contributed by atoms with E-state index in [1.54, 1.807) is 18.2 Å². The Morgan fingerprint density at radius 1 is 0.822 bits per heavy atom. The van der Waals surface area contributed by atoms with Crippen LogP contribution in [0, 0.1) is 13.8 Å². The maximum atomic E-state index is 14.5. The standard InChI is InChI=1S/C36H40ClN3O4S/c1-5-28(4)38-36(42)34(23-29-11-7-6-8-12-29)39(24-30-16-14-26(2)15-17-30)35(41)25-40(32-13-9-10-27(3)22-32)45(43,44)33-20-18-31(37)19-21-33/h6-22,28,34H,5,23-25H2,1-4H3,(H,38,42). The van der Waals surface area contributed by atoms with Gasteiger partial charge in [0.1, 0.15) is 12.6 Å². The van der Waals surface area contributed by atoms with E-state index in [9.17, 15) is 18.0 Å². The Hall–Kier alpha value is -4.14. The molecule has 4 aromatic carbocycles. The third-order valence-corrected chi connectivity index (χ3v) is 9.76. The molecule has 0 saturated carbocycles. The number of carbonyl (C=O) groups is 2. The molecular formula is C36H40ClN3O4S. The zero-order chi connectivity index (χ0) is 32.6. The molecule has 0 heterocycles. The molecule has 236 valence electrons. The summed E-state index contributed by atoms with van der Waals surface area (Å²) in [6, 6.07) is 29.1. The monoisotopic (exact) mass is 645 g/mol. The molecule has 0 spiro atoms. The molecule has 4 rings (SSSR count). The van der Waals surface area contributed by atoms with Gasteiger partial charge in [-0.2, -0.15) is 0 Å². The Balaban J connectivity index is 1.80. The van der Waals surface area contributed by atoms with Crippen molar-refractivity contribution >= 4 is 39.1 Å². The Bertz CT molecular complexity index is 1690. The summed E-state index contributed by atoms with van der Waals surface area (Å²) < 4.78 is 29.4. The third kappa shape index (κ3) is 8.96.